The SMILES string of the molecule is C=c1c(=C(CCC)CCC)oc(=O)n1C1CCC(C)CC1. The van der Waals surface area contributed by atoms with Crippen LogP contribution >= 0.6 is 0 Å². The predicted molar refractivity (Wildman–Crippen MR) is 87.6 cm³/mol. The Morgan fingerprint density at radius 3 is 2.29 bits per heavy atom. The molecule has 1 aliphatic carbocycles. The third kappa shape index (κ3) is 3.50. The standard InChI is InChI=1S/C18H29NO2/c1-5-7-15(8-6-2)17-14(4)19(18(20)21-17)16-11-9-13(3)10-12-16/h13,16H,4-12H2,1-3H3. The number of oxazole rings is 1. The fourth-order valence-electron chi connectivity index (χ4n) is 3.52. The van der Waals surface area contributed by atoms with Crippen molar-refractivity contribution in [1.82, 2.24) is 4.57 Å². The minimum absolute atomic E-state index is 0.209. The summed E-state index contributed by atoms with van der Waals surface area (Å²) in [6, 6.07) is 0.281. The molecule has 0 amide bonds. The van der Waals surface area contributed by atoms with E-state index in [1.54, 1.807) is 0 Å². The average Bonchev–Trinajstić information content (AvgIpc) is 2.75. The zero-order chi connectivity index (χ0) is 15.4. The number of rotatable bonds is 5. The molecular formula is C18H29NO2. The summed E-state index contributed by atoms with van der Waals surface area (Å²) in [5.41, 5.74) is 2.02. The fourth-order valence-corrected chi connectivity index (χ4v) is 3.52. The van der Waals surface area contributed by atoms with E-state index >= 15 is 0 Å². The van der Waals surface area contributed by atoms with E-state index in [-0.39, 0.29) is 11.8 Å². The first-order valence-electron chi connectivity index (χ1n) is 8.50. The minimum atomic E-state index is -0.209. The van der Waals surface area contributed by atoms with Crippen LogP contribution in [0.1, 0.15) is 78.2 Å². The van der Waals surface area contributed by atoms with E-state index < -0.39 is 0 Å². The molecule has 0 atom stereocenters. The van der Waals surface area contributed by atoms with Gasteiger partial charge in [0.1, 0.15) is 0 Å². The molecule has 0 saturated heterocycles. The largest absolute Gasteiger partial charge is 0.420 e. The monoisotopic (exact) mass is 291 g/mol. The smallest absolute Gasteiger partial charge is 0.408 e. The Bertz CT molecular complexity index is 607. The second-order valence-electron chi connectivity index (χ2n) is 6.53. The van der Waals surface area contributed by atoms with Gasteiger partial charge in [-0.25, -0.2) is 4.79 Å². The average molecular weight is 291 g/mol. The number of hydrogen-bond acceptors (Lipinski definition) is 2. The lowest BCUT2D eigenvalue weighted by Gasteiger charge is -2.26. The summed E-state index contributed by atoms with van der Waals surface area (Å²) in [7, 11) is 0. The summed E-state index contributed by atoms with van der Waals surface area (Å²) >= 11 is 0. The van der Waals surface area contributed by atoms with Crippen LogP contribution in [0.15, 0.2) is 9.21 Å². The van der Waals surface area contributed by atoms with Crippen LogP contribution in [0.4, 0.5) is 0 Å². The van der Waals surface area contributed by atoms with Gasteiger partial charge in [-0.15, -0.1) is 0 Å². The Kier molecular flexibility index (Phi) is 5.49. The maximum absolute atomic E-state index is 12.3. The van der Waals surface area contributed by atoms with Gasteiger partial charge in [0.05, 0.1) is 5.35 Å². The lowest BCUT2D eigenvalue weighted by atomic mass is 9.87. The van der Waals surface area contributed by atoms with Gasteiger partial charge in [0.15, 0.2) is 5.42 Å². The third-order valence-corrected chi connectivity index (χ3v) is 4.71. The van der Waals surface area contributed by atoms with Crippen LogP contribution in [0.3, 0.4) is 0 Å². The Labute approximate surface area is 127 Å². The van der Waals surface area contributed by atoms with E-state index in [1.807, 2.05) is 4.57 Å². The van der Waals surface area contributed by atoms with Gasteiger partial charge in [-0.3, -0.25) is 4.57 Å². The van der Waals surface area contributed by atoms with E-state index in [9.17, 15) is 4.79 Å². The van der Waals surface area contributed by atoms with Gasteiger partial charge >= 0.3 is 5.76 Å². The maximum Gasteiger partial charge on any atom is 0.420 e. The quantitative estimate of drug-likeness (QED) is 0.834. The Hall–Kier alpha value is -1.25. The van der Waals surface area contributed by atoms with Crippen LogP contribution in [0.5, 0.6) is 0 Å². The summed E-state index contributed by atoms with van der Waals surface area (Å²) in [5, 5.41) is 0.802. The summed E-state index contributed by atoms with van der Waals surface area (Å²) in [4.78, 5) is 12.3. The molecule has 1 saturated carbocycles. The van der Waals surface area contributed by atoms with Crippen molar-refractivity contribution >= 4 is 12.2 Å². The van der Waals surface area contributed by atoms with Gasteiger partial charge in [0.25, 0.3) is 0 Å². The molecule has 3 nitrogen and oxygen atoms in total. The van der Waals surface area contributed by atoms with Crippen molar-refractivity contribution < 1.29 is 4.42 Å². The van der Waals surface area contributed by atoms with Crippen LogP contribution in [0, 0.1) is 5.92 Å². The minimum Gasteiger partial charge on any atom is -0.408 e. The highest BCUT2D eigenvalue weighted by Crippen LogP contribution is 2.30. The molecule has 1 aromatic heterocycles. The van der Waals surface area contributed by atoms with Gasteiger partial charge in [-0.05, 0) is 50.0 Å². The second kappa shape index (κ2) is 7.15. The van der Waals surface area contributed by atoms with Crippen molar-refractivity contribution in [2.45, 2.75) is 78.2 Å². The van der Waals surface area contributed by atoms with E-state index in [0.29, 0.717) is 0 Å². The molecule has 0 spiro atoms. The first kappa shape index (κ1) is 16.1. The van der Waals surface area contributed by atoms with Crippen LogP contribution in [0.2, 0.25) is 0 Å². The van der Waals surface area contributed by atoms with E-state index in [1.165, 1.54) is 18.4 Å². The molecule has 21 heavy (non-hydrogen) atoms. The molecule has 3 heteroatoms. The summed E-state index contributed by atoms with van der Waals surface area (Å²) in [5.74, 6) is 0.568. The summed E-state index contributed by atoms with van der Waals surface area (Å²) in [6.07, 6.45) is 8.65. The normalized spacial score (nSPS) is 22.4. The van der Waals surface area contributed by atoms with Crippen LogP contribution < -0.4 is 16.5 Å². The molecule has 1 aromatic rings. The molecule has 0 aliphatic heterocycles. The molecule has 0 N–H and O–H groups in total. The molecule has 1 fully saturated rings. The molecule has 1 heterocycles. The molecule has 0 unspecified atom stereocenters. The molecule has 0 radical (unpaired) electrons. The molecule has 2 rings (SSSR count). The lowest BCUT2D eigenvalue weighted by molar-refractivity contribution is 0.273. The number of hydrogen-bond donors (Lipinski definition) is 0. The molecule has 0 aromatic carbocycles. The topological polar surface area (TPSA) is 35.1 Å². The van der Waals surface area contributed by atoms with Crippen molar-refractivity contribution in [2.24, 2.45) is 5.92 Å². The van der Waals surface area contributed by atoms with Crippen molar-refractivity contribution in [3.05, 3.63) is 21.3 Å². The Morgan fingerprint density at radius 2 is 1.76 bits per heavy atom. The van der Waals surface area contributed by atoms with Crippen molar-refractivity contribution in [1.29, 1.82) is 0 Å². The molecular weight excluding hydrogens is 262 g/mol. The van der Waals surface area contributed by atoms with Crippen molar-refractivity contribution in [3.8, 4) is 0 Å². The predicted octanol–water partition coefficient (Wildman–Crippen LogP) is 3.35. The van der Waals surface area contributed by atoms with E-state index in [4.69, 9.17) is 4.42 Å². The molecule has 118 valence electrons. The highest BCUT2D eigenvalue weighted by atomic mass is 16.4. The zero-order valence-corrected chi connectivity index (χ0v) is 13.8. The highest BCUT2D eigenvalue weighted by Gasteiger charge is 2.23. The second-order valence-corrected chi connectivity index (χ2v) is 6.53. The summed E-state index contributed by atoms with van der Waals surface area (Å²) in [6.45, 7) is 10.8. The van der Waals surface area contributed by atoms with E-state index in [2.05, 4.69) is 27.4 Å². The number of aromatic nitrogens is 1. The van der Waals surface area contributed by atoms with Gasteiger partial charge < -0.3 is 4.42 Å². The van der Waals surface area contributed by atoms with Crippen molar-refractivity contribution in [3.63, 3.8) is 0 Å². The molecule has 1 aliphatic rings. The third-order valence-electron chi connectivity index (χ3n) is 4.71. The van der Waals surface area contributed by atoms with E-state index in [0.717, 1.165) is 55.2 Å². The van der Waals surface area contributed by atoms with Crippen LogP contribution in [0.25, 0.3) is 12.2 Å². The van der Waals surface area contributed by atoms with Crippen LogP contribution in [-0.4, -0.2) is 4.57 Å². The maximum atomic E-state index is 12.3. The van der Waals surface area contributed by atoms with Gasteiger partial charge in [0.2, 0.25) is 0 Å². The fraction of sp³-hybridized carbons (Fsp3) is 0.722. The molecule has 0 bridgehead atoms. The number of nitrogens with zero attached hydrogens (tertiary/aromatic N) is 1. The first-order chi connectivity index (χ1) is 10.1. The first-order valence-corrected chi connectivity index (χ1v) is 8.50. The van der Waals surface area contributed by atoms with Gasteiger partial charge in [-0.2, -0.15) is 0 Å². The highest BCUT2D eigenvalue weighted by molar-refractivity contribution is 5.41. The summed E-state index contributed by atoms with van der Waals surface area (Å²) < 4.78 is 7.43. The van der Waals surface area contributed by atoms with Crippen molar-refractivity contribution in [2.75, 3.05) is 0 Å². The van der Waals surface area contributed by atoms with Gasteiger partial charge in [0, 0.05) is 6.04 Å². The van der Waals surface area contributed by atoms with Crippen LogP contribution in [-0.2, 0) is 0 Å². The Balaban J connectivity index is 2.44. The van der Waals surface area contributed by atoms with Gasteiger partial charge in [-0.1, -0.05) is 40.2 Å². The zero-order valence-electron chi connectivity index (χ0n) is 13.8. The lowest BCUT2D eigenvalue weighted by Crippen LogP contribution is -2.36. The Morgan fingerprint density at radius 1 is 1.19 bits per heavy atom.